The number of sulfone groups is 1. The molecule has 2 aliphatic rings. The van der Waals surface area contributed by atoms with Crippen molar-refractivity contribution in [3.05, 3.63) is 29.8 Å². The molecule has 0 atom stereocenters. The third-order valence-electron chi connectivity index (χ3n) is 4.19. The van der Waals surface area contributed by atoms with Gasteiger partial charge in [0.2, 0.25) is 22.0 Å². The number of alkyl halides is 2. The average Bonchev–Trinajstić information content (AvgIpc) is 2.60. The minimum Gasteiger partial charge on any atom is -0.483 e. The SMILES string of the molecule is CC1(C)C=C(N2CCCNC2=NC#N)c2cc(S(=O)(=O)C(F)F)ccc2O1. The van der Waals surface area contributed by atoms with Crippen molar-refractivity contribution in [2.75, 3.05) is 13.1 Å². The van der Waals surface area contributed by atoms with Crippen LogP contribution in [0.1, 0.15) is 25.8 Å². The first-order chi connectivity index (χ1) is 12.7. The summed E-state index contributed by atoms with van der Waals surface area (Å²) in [6, 6.07) is 3.66. The predicted molar refractivity (Wildman–Crippen MR) is 94.7 cm³/mol. The van der Waals surface area contributed by atoms with Crippen molar-refractivity contribution in [3.8, 4) is 11.9 Å². The monoisotopic (exact) mass is 396 g/mol. The Bertz CT molecular complexity index is 965. The summed E-state index contributed by atoms with van der Waals surface area (Å²) in [4.78, 5) is 5.02. The van der Waals surface area contributed by atoms with E-state index in [4.69, 9.17) is 10.00 Å². The number of aliphatic imine (C=N–C) groups is 1. The molecule has 1 N–H and O–H groups in total. The molecule has 144 valence electrons. The normalized spacial score (nSPS) is 20.4. The quantitative estimate of drug-likeness (QED) is 0.788. The molecule has 0 bridgehead atoms. The van der Waals surface area contributed by atoms with E-state index < -0.39 is 26.1 Å². The number of rotatable bonds is 3. The van der Waals surface area contributed by atoms with Crippen molar-refractivity contribution in [2.45, 2.75) is 36.5 Å². The summed E-state index contributed by atoms with van der Waals surface area (Å²) < 4.78 is 55.6. The van der Waals surface area contributed by atoms with Crippen LogP contribution >= 0.6 is 0 Å². The van der Waals surface area contributed by atoms with E-state index in [2.05, 4.69) is 10.3 Å². The number of benzene rings is 1. The van der Waals surface area contributed by atoms with Crippen molar-refractivity contribution in [2.24, 2.45) is 4.99 Å². The standard InChI is InChI=1S/C17H18F2N4O3S/c1-17(2)9-13(23-7-3-6-21-16(23)22-10-20)12-8-11(4-5-14(12)26-17)27(24,25)15(18)19/h4-5,8-9,15H,3,6-7H2,1-2H3,(H,21,22). The van der Waals surface area contributed by atoms with E-state index in [1.54, 1.807) is 17.2 Å². The molecular formula is C17H18F2N4O3S. The first-order valence-electron chi connectivity index (χ1n) is 8.22. The van der Waals surface area contributed by atoms with E-state index in [1.807, 2.05) is 13.8 Å². The first-order valence-corrected chi connectivity index (χ1v) is 9.77. The van der Waals surface area contributed by atoms with E-state index in [9.17, 15) is 17.2 Å². The summed E-state index contributed by atoms with van der Waals surface area (Å²) in [7, 11) is -4.75. The van der Waals surface area contributed by atoms with Crippen molar-refractivity contribution in [1.29, 1.82) is 5.26 Å². The lowest BCUT2D eigenvalue weighted by Gasteiger charge is -2.38. The van der Waals surface area contributed by atoms with Gasteiger partial charge >= 0.3 is 5.76 Å². The van der Waals surface area contributed by atoms with Gasteiger partial charge in [0.1, 0.15) is 11.4 Å². The highest BCUT2D eigenvalue weighted by Gasteiger charge is 2.34. The Morgan fingerprint density at radius 3 is 2.81 bits per heavy atom. The molecule has 0 unspecified atom stereocenters. The molecule has 0 aromatic heterocycles. The first kappa shape index (κ1) is 19.1. The molecule has 0 amide bonds. The highest BCUT2D eigenvalue weighted by atomic mass is 32.2. The average molecular weight is 396 g/mol. The zero-order valence-electron chi connectivity index (χ0n) is 14.7. The van der Waals surface area contributed by atoms with Crippen molar-refractivity contribution >= 4 is 21.5 Å². The van der Waals surface area contributed by atoms with Crippen LogP contribution in [0.25, 0.3) is 5.70 Å². The van der Waals surface area contributed by atoms with Crippen LogP contribution in [0.15, 0.2) is 34.2 Å². The molecule has 1 saturated heterocycles. The van der Waals surface area contributed by atoms with Gasteiger partial charge in [-0.15, -0.1) is 4.99 Å². The summed E-state index contributed by atoms with van der Waals surface area (Å²) >= 11 is 0. The van der Waals surface area contributed by atoms with Crippen LogP contribution in [-0.2, 0) is 9.84 Å². The maximum atomic E-state index is 13.0. The summed E-state index contributed by atoms with van der Waals surface area (Å²) in [6.45, 7) is 4.80. The molecule has 0 saturated carbocycles. The number of hydrogen-bond acceptors (Lipinski definition) is 5. The summed E-state index contributed by atoms with van der Waals surface area (Å²) in [5.41, 5.74) is 0.180. The molecule has 0 spiro atoms. The maximum Gasteiger partial charge on any atom is 0.341 e. The summed E-state index contributed by atoms with van der Waals surface area (Å²) in [6.07, 6.45) is 4.25. The predicted octanol–water partition coefficient (Wildman–Crippen LogP) is 2.33. The molecule has 1 fully saturated rings. The minimum absolute atomic E-state index is 0.320. The van der Waals surface area contributed by atoms with Crippen LogP contribution in [0.3, 0.4) is 0 Å². The van der Waals surface area contributed by atoms with E-state index in [-0.39, 0.29) is 0 Å². The van der Waals surface area contributed by atoms with Crippen molar-refractivity contribution in [3.63, 3.8) is 0 Å². The number of fused-ring (bicyclic) bond motifs is 1. The molecular weight excluding hydrogens is 378 g/mol. The maximum absolute atomic E-state index is 13.0. The van der Waals surface area contributed by atoms with E-state index in [0.717, 1.165) is 12.5 Å². The number of halogens is 2. The van der Waals surface area contributed by atoms with E-state index in [1.165, 1.54) is 12.1 Å². The van der Waals surface area contributed by atoms with Gasteiger partial charge in [-0.05, 0) is 44.5 Å². The van der Waals surface area contributed by atoms with Crippen molar-refractivity contribution < 1.29 is 21.9 Å². The van der Waals surface area contributed by atoms with Crippen LogP contribution < -0.4 is 10.1 Å². The molecule has 2 aliphatic heterocycles. The topological polar surface area (TPSA) is 94.8 Å². The van der Waals surface area contributed by atoms with E-state index in [0.29, 0.717) is 36.1 Å². The van der Waals surface area contributed by atoms with Gasteiger partial charge in [-0.3, -0.25) is 0 Å². The number of nitriles is 1. The molecule has 0 radical (unpaired) electrons. The molecule has 2 heterocycles. The Morgan fingerprint density at radius 2 is 2.15 bits per heavy atom. The second-order valence-corrected chi connectivity index (χ2v) is 8.58. The van der Waals surface area contributed by atoms with Crippen LogP contribution in [0.5, 0.6) is 5.75 Å². The fourth-order valence-electron chi connectivity index (χ4n) is 3.04. The van der Waals surface area contributed by atoms with Crippen LogP contribution in [-0.4, -0.2) is 43.7 Å². The molecule has 0 aliphatic carbocycles. The third-order valence-corrected chi connectivity index (χ3v) is 5.57. The van der Waals surface area contributed by atoms with Gasteiger partial charge in [-0.25, -0.2) is 8.42 Å². The zero-order chi connectivity index (χ0) is 19.8. The summed E-state index contributed by atoms with van der Waals surface area (Å²) in [5, 5.41) is 12.0. The van der Waals surface area contributed by atoms with Crippen LogP contribution in [0, 0.1) is 11.5 Å². The fourth-order valence-corrected chi connectivity index (χ4v) is 3.79. The Labute approximate surface area is 155 Å². The Kier molecular flexibility index (Phi) is 4.82. The van der Waals surface area contributed by atoms with Gasteiger partial charge in [0.25, 0.3) is 0 Å². The van der Waals surface area contributed by atoms with Gasteiger partial charge < -0.3 is 15.0 Å². The molecule has 1 aromatic rings. The molecule has 27 heavy (non-hydrogen) atoms. The third kappa shape index (κ3) is 3.60. The molecule has 10 heteroatoms. The lowest BCUT2D eigenvalue weighted by Crippen LogP contribution is -2.47. The number of hydrogen-bond donors (Lipinski definition) is 1. The number of ether oxygens (including phenoxy) is 1. The minimum atomic E-state index is -4.75. The van der Waals surface area contributed by atoms with Crippen LogP contribution in [0.2, 0.25) is 0 Å². The Morgan fingerprint density at radius 1 is 1.41 bits per heavy atom. The van der Waals surface area contributed by atoms with Crippen molar-refractivity contribution in [1.82, 2.24) is 10.2 Å². The highest BCUT2D eigenvalue weighted by Crippen LogP contribution is 2.40. The fraction of sp³-hybridized carbons (Fsp3) is 0.412. The van der Waals surface area contributed by atoms with Gasteiger partial charge in [-0.2, -0.15) is 14.0 Å². The largest absolute Gasteiger partial charge is 0.483 e. The highest BCUT2D eigenvalue weighted by molar-refractivity contribution is 7.91. The molecule has 3 rings (SSSR count). The number of nitrogens with zero attached hydrogens (tertiary/aromatic N) is 3. The zero-order valence-corrected chi connectivity index (χ0v) is 15.6. The second kappa shape index (κ2) is 6.81. The number of guanidine groups is 1. The van der Waals surface area contributed by atoms with Crippen LogP contribution in [0.4, 0.5) is 8.78 Å². The lowest BCUT2D eigenvalue weighted by molar-refractivity contribution is 0.155. The van der Waals surface area contributed by atoms with Gasteiger partial charge in [-0.1, -0.05) is 0 Å². The lowest BCUT2D eigenvalue weighted by atomic mass is 9.98. The van der Waals surface area contributed by atoms with Gasteiger partial charge in [0.15, 0.2) is 0 Å². The summed E-state index contributed by atoms with van der Waals surface area (Å²) in [5.74, 6) is -2.83. The van der Waals surface area contributed by atoms with Gasteiger partial charge in [0.05, 0.1) is 10.6 Å². The Balaban J connectivity index is 2.16. The molecule has 1 aromatic carbocycles. The van der Waals surface area contributed by atoms with E-state index >= 15 is 0 Å². The smallest absolute Gasteiger partial charge is 0.341 e. The second-order valence-electron chi connectivity index (χ2n) is 6.67. The van der Waals surface area contributed by atoms with Gasteiger partial charge in [0, 0.05) is 18.7 Å². The molecule has 7 nitrogen and oxygen atoms in total. The number of nitrogens with one attached hydrogen (secondary N) is 1. The Hall–Kier alpha value is -2.67.